The van der Waals surface area contributed by atoms with Crippen LogP contribution in [0.15, 0.2) is 12.1 Å². The third kappa shape index (κ3) is 2.17. The number of nitrogens with two attached hydrogens (primary N) is 1. The minimum atomic E-state index is 0.287. The molecule has 2 aliphatic rings. The van der Waals surface area contributed by atoms with Crippen LogP contribution in [0.5, 0.6) is 11.5 Å². The molecular formula is C16H24N2O2. The van der Waals surface area contributed by atoms with Crippen LogP contribution in [0.2, 0.25) is 0 Å². The first-order chi connectivity index (χ1) is 9.63. The molecule has 0 spiro atoms. The van der Waals surface area contributed by atoms with E-state index in [0.717, 1.165) is 37.4 Å². The number of piperidine rings is 1. The van der Waals surface area contributed by atoms with Gasteiger partial charge >= 0.3 is 0 Å². The second-order valence-electron chi connectivity index (χ2n) is 6.04. The zero-order valence-electron chi connectivity index (χ0n) is 12.6. The van der Waals surface area contributed by atoms with Gasteiger partial charge in [0.05, 0.1) is 14.2 Å². The average Bonchev–Trinajstić information content (AvgIpc) is 2.47. The summed E-state index contributed by atoms with van der Waals surface area (Å²) in [7, 11) is 3.39. The van der Waals surface area contributed by atoms with Gasteiger partial charge in [-0.05, 0) is 42.0 Å². The van der Waals surface area contributed by atoms with Crippen LogP contribution >= 0.6 is 0 Å². The van der Waals surface area contributed by atoms with E-state index in [1.54, 1.807) is 14.2 Å². The number of nitrogens with zero attached hydrogens (tertiary/aromatic N) is 1. The zero-order chi connectivity index (χ0) is 14.3. The van der Waals surface area contributed by atoms with Crippen LogP contribution in [-0.4, -0.2) is 38.3 Å². The Labute approximate surface area is 120 Å². The van der Waals surface area contributed by atoms with E-state index in [9.17, 15) is 0 Å². The summed E-state index contributed by atoms with van der Waals surface area (Å²) in [5.41, 5.74) is 9.04. The molecule has 4 nitrogen and oxygen atoms in total. The lowest BCUT2D eigenvalue weighted by Gasteiger charge is -2.45. The minimum Gasteiger partial charge on any atom is -0.493 e. The number of methoxy groups -OCH3 is 2. The summed E-state index contributed by atoms with van der Waals surface area (Å²) in [5.74, 6) is 2.22. The molecule has 4 heteroatoms. The number of fused-ring (bicyclic) bond motifs is 3. The van der Waals surface area contributed by atoms with E-state index in [-0.39, 0.29) is 6.04 Å². The summed E-state index contributed by atoms with van der Waals surface area (Å²) in [6.07, 6.45) is 2.11. The summed E-state index contributed by atoms with van der Waals surface area (Å²) in [6.45, 7) is 4.47. The van der Waals surface area contributed by atoms with Crippen molar-refractivity contribution in [1.82, 2.24) is 4.90 Å². The Bertz CT molecular complexity index is 503. The lowest BCUT2D eigenvalue weighted by Crippen LogP contribution is -2.49. The Balaban J connectivity index is 1.99. The van der Waals surface area contributed by atoms with Gasteiger partial charge in [0, 0.05) is 25.2 Å². The van der Waals surface area contributed by atoms with Gasteiger partial charge in [-0.25, -0.2) is 0 Å². The van der Waals surface area contributed by atoms with Gasteiger partial charge in [0.25, 0.3) is 0 Å². The fourth-order valence-corrected chi connectivity index (χ4v) is 3.57. The quantitative estimate of drug-likeness (QED) is 0.897. The van der Waals surface area contributed by atoms with E-state index in [4.69, 9.17) is 15.2 Å². The van der Waals surface area contributed by atoms with Crippen molar-refractivity contribution in [1.29, 1.82) is 0 Å². The molecule has 1 aromatic carbocycles. The molecule has 0 saturated carbocycles. The fourth-order valence-electron chi connectivity index (χ4n) is 3.57. The van der Waals surface area contributed by atoms with Crippen molar-refractivity contribution >= 4 is 0 Å². The first-order valence-corrected chi connectivity index (χ1v) is 7.38. The van der Waals surface area contributed by atoms with Gasteiger partial charge in [-0.2, -0.15) is 0 Å². The molecule has 0 bridgehead atoms. The van der Waals surface area contributed by atoms with Crippen LogP contribution in [-0.2, 0) is 6.42 Å². The van der Waals surface area contributed by atoms with E-state index in [1.807, 2.05) is 0 Å². The molecule has 1 fully saturated rings. The number of benzene rings is 1. The van der Waals surface area contributed by atoms with E-state index in [1.165, 1.54) is 11.1 Å². The highest BCUT2D eigenvalue weighted by molar-refractivity contribution is 5.49. The highest BCUT2D eigenvalue weighted by Crippen LogP contribution is 2.42. The van der Waals surface area contributed by atoms with Gasteiger partial charge in [-0.3, -0.25) is 4.90 Å². The van der Waals surface area contributed by atoms with Crippen molar-refractivity contribution in [3.05, 3.63) is 23.3 Å². The molecule has 2 heterocycles. The number of hydrogen-bond acceptors (Lipinski definition) is 4. The maximum absolute atomic E-state index is 6.29. The molecule has 0 radical (unpaired) electrons. The Morgan fingerprint density at radius 3 is 2.60 bits per heavy atom. The fraction of sp³-hybridized carbons (Fsp3) is 0.625. The van der Waals surface area contributed by atoms with Crippen molar-refractivity contribution in [2.75, 3.05) is 27.3 Å². The molecule has 1 aromatic rings. The summed E-state index contributed by atoms with van der Waals surface area (Å²) >= 11 is 0. The standard InChI is InChI=1S/C16H24N2O2/c1-10-9-18-5-4-11-6-15(19-2)16(20-3)7-12(11)14(18)8-13(10)17/h6-7,10,13-14H,4-5,8-9,17H2,1-3H3. The second-order valence-corrected chi connectivity index (χ2v) is 6.04. The first kappa shape index (κ1) is 13.7. The smallest absolute Gasteiger partial charge is 0.161 e. The van der Waals surface area contributed by atoms with E-state index in [2.05, 4.69) is 24.0 Å². The van der Waals surface area contributed by atoms with Crippen molar-refractivity contribution in [3.63, 3.8) is 0 Å². The lowest BCUT2D eigenvalue weighted by atomic mass is 9.81. The third-order valence-corrected chi connectivity index (χ3v) is 4.86. The average molecular weight is 276 g/mol. The van der Waals surface area contributed by atoms with Crippen molar-refractivity contribution in [2.45, 2.75) is 31.8 Å². The maximum Gasteiger partial charge on any atom is 0.161 e. The van der Waals surface area contributed by atoms with Crippen molar-refractivity contribution in [2.24, 2.45) is 11.7 Å². The largest absolute Gasteiger partial charge is 0.493 e. The van der Waals surface area contributed by atoms with Gasteiger partial charge in [-0.1, -0.05) is 6.92 Å². The van der Waals surface area contributed by atoms with Crippen LogP contribution in [0.3, 0.4) is 0 Å². The van der Waals surface area contributed by atoms with E-state index >= 15 is 0 Å². The molecular weight excluding hydrogens is 252 g/mol. The van der Waals surface area contributed by atoms with Gasteiger partial charge in [0.1, 0.15) is 0 Å². The summed E-state index contributed by atoms with van der Waals surface area (Å²) in [5, 5.41) is 0. The number of hydrogen-bond donors (Lipinski definition) is 1. The molecule has 3 atom stereocenters. The minimum absolute atomic E-state index is 0.287. The van der Waals surface area contributed by atoms with Crippen LogP contribution in [0, 0.1) is 5.92 Å². The zero-order valence-corrected chi connectivity index (χ0v) is 12.6. The summed E-state index contributed by atoms with van der Waals surface area (Å²) in [4.78, 5) is 2.57. The molecule has 2 N–H and O–H groups in total. The van der Waals surface area contributed by atoms with Crippen molar-refractivity contribution < 1.29 is 9.47 Å². The molecule has 0 amide bonds. The number of ether oxygens (including phenoxy) is 2. The molecule has 0 aromatic heterocycles. The maximum atomic E-state index is 6.29. The highest BCUT2D eigenvalue weighted by Gasteiger charge is 2.36. The Kier molecular flexibility index (Phi) is 3.61. The molecule has 2 aliphatic heterocycles. The molecule has 1 saturated heterocycles. The monoisotopic (exact) mass is 276 g/mol. The summed E-state index contributed by atoms with van der Waals surface area (Å²) in [6, 6.07) is 5.00. The van der Waals surface area contributed by atoms with Crippen LogP contribution in [0.1, 0.15) is 30.5 Å². The van der Waals surface area contributed by atoms with Gasteiger partial charge < -0.3 is 15.2 Å². The van der Waals surface area contributed by atoms with Gasteiger partial charge in [0.15, 0.2) is 11.5 Å². The topological polar surface area (TPSA) is 47.7 Å². The lowest BCUT2D eigenvalue weighted by molar-refractivity contribution is 0.0899. The molecule has 20 heavy (non-hydrogen) atoms. The first-order valence-electron chi connectivity index (χ1n) is 7.38. The normalized spacial score (nSPS) is 29.5. The predicted octanol–water partition coefficient (Wildman–Crippen LogP) is 1.97. The SMILES string of the molecule is COc1cc2c(cc1OC)C1CC(N)C(C)CN1CC2. The number of rotatable bonds is 2. The highest BCUT2D eigenvalue weighted by atomic mass is 16.5. The van der Waals surface area contributed by atoms with Crippen molar-refractivity contribution in [3.8, 4) is 11.5 Å². The van der Waals surface area contributed by atoms with Crippen LogP contribution in [0.4, 0.5) is 0 Å². The Hall–Kier alpha value is -1.26. The molecule has 110 valence electrons. The molecule has 3 rings (SSSR count). The molecule has 3 unspecified atom stereocenters. The van der Waals surface area contributed by atoms with Gasteiger partial charge in [0.2, 0.25) is 0 Å². The Morgan fingerprint density at radius 1 is 1.20 bits per heavy atom. The van der Waals surface area contributed by atoms with Crippen LogP contribution in [0.25, 0.3) is 0 Å². The second kappa shape index (κ2) is 5.26. The summed E-state index contributed by atoms with van der Waals surface area (Å²) < 4.78 is 10.9. The van der Waals surface area contributed by atoms with Gasteiger partial charge in [-0.15, -0.1) is 0 Å². The Morgan fingerprint density at radius 2 is 1.90 bits per heavy atom. The molecule has 0 aliphatic carbocycles. The van der Waals surface area contributed by atoms with E-state index in [0.29, 0.717) is 12.0 Å². The van der Waals surface area contributed by atoms with E-state index < -0.39 is 0 Å². The van der Waals surface area contributed by atoms with Crippen LogP contribution < -0.4 is 15.2 Å². The third-order valence-electron chi connectivity index (χ3n) is 4.86. The predicted molar refractivity (Wildman–Crippen MR) is 79.3 cm³/mol.